The predicted octanol–water partition coefficient (Wildman–Crippen LogP) is -0.180. The molecule has 2 rings (SSSR count). The van der Waals surface area contributed by atoms with Crippen LogP contribution in [0.3, 0.4) is 0 Å². The van der Waals surface area contributed by atoms with Crippen molar-refractivity contribution >= 4 is 35.5 Å². The number of carboxylic acid groups (broad SMARTS) is 5. The first-order valence-electron chi connectivity index (χ1n) is 12.5. The van der Waals surface area contributed by atoms with Gasteiger partial charge in [0.15, 0.2) is 0 Å². The van der Waals surface area contributed by atoms with Gasteiger partial charge in [0.2, 0.25) is 0 Å². The Morgan fingerprint density at radius 2 is 1.10 bits per heavy atom. The van der Waals surface area contributed by atoms with Gasteiger partial charge in [0.05, 0.1) is 32.7 Å². The number of anilines is 1. The average molecular weight is 553 g/mol. The lowest BCUT2D eigenvalue weighted by atomic mass is 9.87. The van der Waals surface area contributed by atoms with Crippen LogP contribution in [0.25, 0.3) is 0 Å². The SMILES string of the molecule is Nc1ccc(C[C@H](CN(CC(=O)O)[C@H]2CCCC[C@@H]2N(CC(=O)O)CC(=O)O)N(CC(=O)O)CC(=O)O)cc1. The highest BCUT2D eigenvalue weighted by Gasteiger charge is 2.38. The lowest BCUT2D eigenvalue weighted by molar-refractivity contribution is -0.146. The van der Waals surface area contributed by atoms with E-state index in [1.165, 1.54) is 9.80 Å². The zero-order chi connectivity index (χ0) is 29.1. The van der Waals surface area contributed by atoms with E-state index in [-0.39, 0.29) is 13.0 Å². The van der Waals surface area contributed by atoms with Gasteiger partial charge in [0.25, 0.3) is 0 Å². The molecule has 0 saturated heterocycles. The van der Waals surface area contributed by atoms with Crippen molar-refractivity contribution in [2.45, 2.75) is 50.2 Å². The Labute approximate surface area is 225 Å². The molecule has 0 amide bonds. The number of rotatable bonds is 17. The number of nitrogens with zero attached hydrogens (tertiary/aromatic N) is 3. The Kier molecular flexibility index (Phi) is 12.1. The third-order valence-electron chi connectivity index (χ3n) is 6.74. The number of hydrogen-bond donors (Lipinski definition) is 6. The van der Waals surface area contributed by atoms with Gasteiger partial charge in [-0.3, -0.25) is 38.7 Å². The zero-order valence-electron chi connectivity index (χ0n) is 21.5. The van der Waals surface area contributed by atoms with E-state index in [1.54, 1.807) is 29.2 Å². The Balaban J connectivity index is 2.48. The van der Waals surface area contributed by atoms with Crippen LogP contribution in [0.2, 0.25) is 0 Å². The van der Waals surface area contributed by atoms with Crippen LogP contribution in [0.15, 0.2) is 24.3 Å². The fourth-order valence-corrected chi connectivity index (χ4v) is 5.24. The Bertz CT molecular complexity index is 987. The van der Waals surface area contributed by atoms with Gasteiger partial charge in [0, 0.05) is 30.4 Å². The van der Waals surface area contributed by atoms with Crippen LogP contribution in [-0.4, -0.2) is 127 Å². The van der Waals surface area contributed by atoms with Crippen molar-refractivity contribution in [2.24, 2.45) is 0 Å². The van der Waals surface area contributed by atoms with Crippen molar-refractivity contribution in [2.75, 3.05) is 45.0 Å². The quantitative estimate of drug-likeness (QED) is 0.138. The van der Waals surface area contributed by atoms with E-state index in [0.717, 1.165) is 5.56 Å². The topological polar surface area (TPSA) is 222 Å². The first-order valence-corrected chi connectivity index (χ1v) is 12.5. The summed E-state index contributed by atoms with van der Waals surface area (Å²) in [6, 6.07) is 4.83. The fraction of sp³-hybridized carbons (Fsp3) is 0.560. The summed E-state index contributed by atoms with van der Waals surface area (Å²) in [5.41, 5.74) is 6.99. The molecule has 7 N–H and O–H groups in total. The monoisotopic (exact) mass is 552 g/mol. The first kappa shape index (κ1) is 31.5. The van der Waals surface area contributed by atoms with Crippen molar-refractivity contribution in [3.05, 3.63) is 29.8 Å². The number of nitrogens with two attached hydrogens (primary N) is 1. The number of nitrogen functional groups attached to an aromatic ring is 1. The third kappa shape index (κ3) is 10.9. The molecule has 0 spiro atoms. The predicted molar refractivity (Wildman–Crippen MR) is 137 cm³/mol. The largest absolute Gasteiger partial charge is 0.480 e. The minimum atomic E-state index is -1.26. The highest BCUT2D eigenvalue weighted by atomic mass is 16.4. The van der Waals surface area contributed by atoms with Gasteiger partial charge < -0.3 is 31.3 Å². The molecule has 1 aromatic rings. The summed E-state index contributed by atoms with van der Waals surface area (Å²) < 4.78 is 0. The molecule has 14 nitrogen and oxygen atoms in total. The Morgan fingerprint density at radius 3 is 1.54 bits per heavy atom. The highest BCUT2D eigenvalue weighted by molar-refractivity contribution is 5.73. The summed E-state index contributed by atoms with van der Waals surface area (Å²) in [4.78, 5) is 62.4. The van der Waals surface area contributed by atoms with Gasteiger partial charge in [-0.1, -0.05) is 25.0 Å². The van der Waals surface area contributed by atoms with Crippen LogP contribution >= 0.6 is 0 Å². The van der Waals surface area contributed by atoms with Crippen LogP contribution in [-0.2, 0) is 30.4 Å². The van der Waals surface area contributed by atoms with Gasteiger partial charge in [-0.25, -0.2) is 0 Å². The molecule has 216 valence electrons. The number of aliphatic carboxylic acids is 5. The molecule has 14 heteroatoms. The van der Waals surface area contributed by atoms with E-state index in [2.05, 4.69) is 0 Å². The molecular weight excluding hydrogens is 516 g/mol. The zero-order valence-corrected chi connectivity index (χ0v) is 21.5. The van der Waals surface area contributed by atoms with E-state index in [1.807, 2.05) is 0 Å². The summed E-state index contributed by atoms with van der Waals surface area (Å²) in [5, 5.41) is 47.5. The van der Waals surface area contributed by atoms with Crippen molar-refractivity contribution in [3.63, 3.8) is 0 Å². The normalized spacial score (nSPS) is 18.2. The maximum Gasteiger partial charge on any atom is 0.317 e. The van der Waals surface area contributed by atoms with Crippen LogP contribution < -0.4 is 5.73 Å². The summed E-state index contributed by atoms with van der Waals surface area (Å²) in [6.07, 6.45) is 2.47. The average Bonchev–Trinajstić information content (AvgIpc) is 2.82. The second-order valence-corrected chi connectivity index (χ2v) is 9.73. The molecule has 0 unspecified atom stereocenters. The van der Waals surface area contributed by atoms with E-state index >= 15 is 0 Å². The van der Waals surface area contributed by atoms with Crippen molar-refractivity contribution in [1.29, 1.82) is 0 Å². The molecule has 1 aliphatic rings. The van der Waals surface area contributed by atoms with Crippen molar-refractivity contribution < 1.29 is 49.5 Å². The summed E-state index contributed by atoms with van der Waals surface area (Å²) in [5.74, 6) is -6.14. The first-order chi connectivity index (χ1) is 18.3. The number of carboxylic acids is 5. The molecule has 1 saturated carbocycles. The Hall–Kier alpha value is -3.75. The highest BCUT2D eigenvalue weighted by Crippen LogP contribution is 2.28. The van der Waals surface area contributed by atoms with Crippen molar-refractivity contribution in [3.8, 4) is 0 Å². The van der Waals surface area contributed by atoms with E-state index in [0.29, 0.717) is 31.4 Å². The van der Waals surface area contributed by atoms with Crippen molar-refractivity contribution in [1.82, 2.24) is 14.7 Å². The standard InChI is InChI=1S/C25H36N4O10/c26-17-7-5-16(6-8-17)9-18(27(11-21(30)31)12-22(32)33)10-28(13-23(34)35)19-3-1-2-4-20(19)29(14-24(36)37)15-25(38)39/h5-8,18-20H,1-4,9-15,26H2,(H,30,31)(H,32,33)(H,34,35)(H,36,37)(H,38,39)/t18-,19+,20+/m1/s1. The van der Waals surface area contributed by atoms with Gasteiger partial charge in [-0.05, 0) is 37.0 Å². The molecule has 1 fully saturated rings. The molecule has 0 aliphatic heterocycles. The Morgan fingerprint density at radius 1 is 0.692 bits per heavy atom. The van der Waals surface area contributed by atoms with Gasteiger partial charge in [0.1, 0.15) is 0 Å². The van der Waals surface area contributed by atoms with Crippen LogP contribution in [0.4, 0.5) is 5.69 Å². The third-order valence-corrected chi connectivity index (χ3v) is 6.74. The summed E-state index contributed by atoms with van der Waals surface area (Å²) in [7, 11) is 0. The summed E-state index contributed by atoms with van der Waals surface area (Å²) >= 11 is 0. The maximum absolute atomic E-state index is 11.9. The van der Waals surface area contributed by atoms with E-state index in [4.69, 9.17) is 5.73 Å². The molecule has 0 aromatic heterocycles. The molecular formula is C25H36N4O10. The molecule has 3 atom stereocenters. The minimum Gasteiger partial charge on any atom is -0.480 e. The van der Waals surface area contributed by atoms with Crippen LogP contribution in [0.1, 0.15) is 31.2 Å². The number of hydrogen-bond acceptors (Lipinski definition) is 9. The molecule has 1 aliphatic carbocycles. The molecule has 39 heavy (non-hydrogen) atoms. The van der Waals surface area contributed by atoms with E-state index in [9.17, 15) is 49.5 Å². The lowest BCUT2D eigenvalue weighted by Gasteiger charge is -2.45. The van der Waals surface area contributed by atoms with Gasteiger partial charge >= 0.3 is 29.8 Å². The van der Waals surface area contributed by atoms with E-state index < -0.39 is 80.7 Å². The molecule has 0 radical (unpaired) electrons. The van der Waals surface area contributed by atoms with Gasteiger partial charge in [-0.15, -0.1) is 0 Å². The smallest absolute Gasteiger partial charge is 0.317 e. The van der Waals surface area contributed by atoms with Crippen LogP contribution in [0.5, 0.6) is 0 Å². The number of carbonyl (C=O) groups is 5. The summed E-state index contributed by atoms with van der Waals surface area (Å²) in [6.45, 7) is -2.84. The molecule has 0 heterocycles. The molecule has 1 aromatic carbocycles. The number of benzene rings is 1. The molecule has 0 bridgehead atoms. The van der Waals surface area contributed by atoms with Gasteiger partial charge in [-0.2, -0.15) is 0 Å². The second-order valence-electron chi connectivity index (χ2n) is 9.73. The maximum atomic E-state index is 11.9. The fourth-order valence-electron chi connectivity index (χ4n) is 5.24. The minimum absolute atomic E-state index is 0.0492. The second kappa shape index (κ2) is 15.0. The lowest BCUT2D eigenvalue weighted by Crippen LogP contribution is -2.59. The van der Waals surface area contributed by atoms with Crippen LogP contribution in [0, 0.1) is 0 Å².